The minimum Gasteiger partial charge on any atom is -0.347 e. The van der Waals surface area contributed by atoms with Gasteiger partial charge in [0.05, 0.1) is 23.8 Å². The second-order valence-corrected chi connectivity index (χ2v) is 11.7. The number of hydrogen-bond acceptors (Lipinski definition) is 4. The number of aromatic nitrogens is 2. The molecule has 2 aromatic rings. The van der Waals surface area contributed by atoms with Crippen LogP contribution in [0, 0.1) is 5.82 Å². The zero-order valence-corrected chi connectivity index (χ0v) is 21.6. The number of amides is 1. The Morgan fingerprint density at radius 3 is 2.19 bits per heavy atom. The lowest BCUT2D eigenvalue weighted by molar-refractivity contribution is 0.0928. The third kappa shape index (κ3) is 8.57. The van der Waals surface area contributed by atoms with Gasteiger partial charge < -0.3 is 9.50 Å². The lowest BCUT2D eigenvalue weighted by atomic mass is 10.0. The van der Waals surface area contributed by atoms with E-state index in [1.54, 1.807) is 12.1 Å². The van der Waals surface area contributed by atoms with E-state index in [1.807, 2.05) is 34.6 Å². The number of nitrogens with zero attached hydrogens (tertiary/aromatic N) is 2. The Morgan fingerprint density at radius 2 is 1.68 bits per heavy atom. The number of halogens is 1. The Balaban J connectivity index is 0. The highest BCUT2D eigenvalue weighted by Crippen LogP contribution is 2.53. The van der Waals surface area contributed by atoms with Gasteiger partial charge in [0.2, 0.25) is 0 Å². The van der Waals surface area contributed by atoms with Crippen LogP contribution in [-0.4, -0.2) is 45.8 Å². The normalized spacial score (nSPS) is 12.5. The summed E-state index contributed by atoms with van der Waals surface area (Å²) in [6.07, 6.45) is 7.26. The van der Waals surface area contributed by atoms with Gasteiger partial charge in [-0.25, -0.2) is 14.4 Å². The van der Waals surface area contributed by atoms with Gasteiger partial charge in [0, 0.05) is 18.6 Å². The van der Waals surface area contributed by atoms with Crippen LogP contribution in [-0.2, 0) is 4.18 Å². The number of hydrogen-bond donors (Lipinski definition) is 1. The molecule has 0 bridgehead atoms. The van der Waals surface area contributed by atoms with Gasteiger partial charge in [-0.05, 0) is 37.6 Å². The Labute approximate surface area is 191 Å². The van der Waals surface area contributed by atoms with Gasteiger partial charge in [-0.1, -0.05) is 54.5 Å². The molecule has 1 N–H and O–H groups in total. The molecule has 0 unspecified atom stereocenters. The number of benzene rings is 1. The molecule has 2 rings (SSSR count). The van der Waals surface area contributed by atoms with Crippen molar-refractivity contribution in [1.29, 1.82) is 0 Å². The first-order valence-corrected chi connectivity index (χ1v) is 13.1. The highest BCUT2D eigenvalue weighted by Gasteiger charge is 2.29. The van der Waals surface area contributed by atoms with Crippen LogP contribution in [0.3, 0.4) is 0 Å². The molecule has 0 saturated carbocycles. The fourth-order valence-corrected chi connectivity index (χ4v) is 3.06. The van der Waals surface area contributed by atoms with E-state index in [2.05, 4.69) is 48.6 Å². The molecule has 0 radical (unpaired) electrons. The Hall–Kier alpha value is -1.99. The minimum atomic E-state index is -1.28. The maximum Gasteiger partial charge on any atom is 0.252 e. The van der Waals surface area contributed by atoms with E-state index >= 15 is 0 Å². The van der Waals surface area contributed by atoms with Gasteiger partial charge in [0.1, 0.15) is 5.82 Å². The van der Waals surface area contributed by atoms with Gasteiger partial charge >= 0.3 is 0 Å². The number of carbonyl (C=O) groups excluding carboxylic acids is 1. The maximum atomic E-state index is 14.4. The standard InChI is InChI=1S/C20H28FN3O2S.2C2H6.H2/c1-14(13-26-27(5,6)20(2,3)4)24-19(25)15-9-7-10-16(21)17(15)18-22-11-8-12-23-18;2*1-2;/h7-12,14H,13H2,1-6H3,(H,24,25);2*1-2H3;1H/t14-;;;/m0.../s1. The summed E-state index contributed by atoms with van der Waals surface area (Å²) >= 11 is 0. The molecule has 0 aliphatic heterocycles. The summed E-state index contributed by atoms with van der Waals surface area (Å²) in [6, 6.07) is 5.79. The first kappa shape index (κ1) is 29.0. The molecule has 1 atom stereocenters. The average Bonchev–Trinajstić information content (AvgIpc) is 2.75. The van der Waals surface area contributed by atoms with E-state index in [1.165, 1.54) is 24.5 Å². The summed E-state index contributed by atoms with van der Waals surface area (Å²) in [6.45, 7) is 16.7. The van der Waals surface area contributed by atoms with Crippen LogP contribution in [0.1, 0.15) is 67.2 Å². The van der Waals surface area contributed by atoms with E-state index < -0.39 is 16.1 Å². The quantitative estimate of drug-likeness (QED) is 0.540. The van der Waals surface area contributed by atoms with Crippen molar-refractivity contribution in [2.24, 2.45) is 0 Å². The van der Waals surface area contributed by atoms with E-state index in [-0.39, 0.29) is 35.1 Å². The fraction of sp³-hybridized carbons (Fsp3) is 0.542. The van der Waals surface area contributed by atoms with Crippen molar-refractivity contribution < 1.29 is 14.8 Å². The molecule has 0 fully saturated rings. The molecule has 5 nitrogen and oxygen atoms in total. The van der Waals surface area contributed by atoms with Crippen LogP contribution in [0.15, 0.2) is 36.7 Å². The van der Waals surface area contributed by atoms with Crippen molar-refractivity contribution >= 4 is 16.2 Å². The molecular weight excluding hydrogens is 413 g/mol. The monoisotopic (exact) mass is 455 g/mol. The molecule has 0 spiro atoms. The largest absolute Gasteiger partial charge is 0.347 e. The van der Waals surface area contributed by atoms with Crippen LogP contribution < -0.4 is 5.32 Å². The number of carbonyl (C=O) groups is 1. The first-order valence-electron chi connectivity index (χ1n) is 10.8. The maximum absolute atomic E-state index is 14.4. The average molecular weight is 456 g/mol. The third-order valence-electron chi connectivity index (χ3n) is 4.51. The Bertz CT molecular complexity index is 800. The van der Waals surface area contributed by atoms with Crippen molar-refractivity contribution in [3.63, 3.8) is 0 Å². The van der Waals surface area contributed by atoms with Crippen molar-refractivity contribution in [2.75, 3.05) is 19.1 Å². The van der Waals surface area contributed by atoms with Crippen LogP contribution in [0.5, 0.6) is 0 Å². The summed E-state index contributed by atoms with van der Waals surface area (Å²) in [7, 11) is -1.28. The molecule has 0 aliphatic carbocycles. The topological polar surface area (TPSA) is 64.1 Å². The molecule has 0 aliphatic rings. The summed E-state index contributed by atoms with van der Waals surface area (Å²) in [4.78, 5) is 20.9. The predicted molar refractivity (Wildman–Crippen MR) is 134 cm³/mol. The molecule has 7 heteroatoms. The molecule has 178 valence electrons. The molecule has 0 saturated heterocycles. The molecule has 1 amide bonds. The van der Waals surface area contributed by atoms with Gasteiger partial charge in [-0.3, -0.25) is 4.79 Å². The van der Waals surface area contributed by atoms with Gasteiger partial charge in [0.25, 0.3) is 5.91 Å². The van der Waals surface area contributed by atoms with Crippen molar-refractivity contribution in [2.45, 2.75) is 66.2 Å². The summed E-state index contributed by atoms with van der Waals surface area (Å²) in [5, 5.41) is 2.88. The molecule has 1 aromatic heterocycles. The highest BCUT2D eigenvalue weighted by molar-refractivity contribution is 8.29. The second-order valence-electron chi connectivity index (χ2n) is 7.74. The Morgan fingerprint density at radius 1 is 1.13 bits per heavy atom. The first-order chi connectivity index (χ1) is 14.5. The second kappa shape index (κ2) is 13.4. The minimum absolute atomic E-state index is 0. The van der Waals surface area contributed by atoms with Crippen molar-refractivity contribution in [1.82, 2.24) is 15.3 Å². The van der Waals surface area contributed by atoms with Crippen LogP contribution in [0.4, 0.5) is 4.39 Å². The molecular formula is C24H42FN3O2S. The lowest BCUT2D eigenvalue weighted by Crippen LogP contribution is -2.37. The van der Waals surface area contributed by atoms with Gasteiger partial charge in [-0.15, -0.1) is 10.3 Å². The van der Waals surface area contributed by atoms with Crippen LogP contribution in [0.2, 0.25) is 0 Å². The third-order valence-corrected chi connectivity index (χ3v) is 8.19. The van der Waals surface area contributed by atoms with E-state index in [0.29, 0.717) is 6.61 Å². The SMILES string of the molecule is CC.CC.C[C@@H](COS(C)(C)C(C)(C)C)NC(=O)c1cccc(F)c1-c1ncccn1.[HH]. The lowest BCUT2D eigenvalue weighted by Gasteiger charge is -2.44. The Kier molecular flexibility index (Phi) is 12.6. The van der Waals surface area contributed by atoms with Crippen LogP contribution >= 0.6 is 10.3 Å². The molecule has 1 heterocycles. The highest BCUT2D eigenvalue weighted by atomic mass is 32.3. The molecule has 31 heavy (non-hydrogen) atoms. The zero-order chi connectivity index (χ0) is 24.2. The number of nitrogens with one attached hydrogen (secondary N) is 1. The predicted octanol–water partition coefficient (Wildman–Crippen LogP) is 6.49. The molecule has 1 aromatic carbocycles. The summed E-state index contributed by atoms with van der Waals surface area (Å²) < 4.78 is 20.5. The van der Waals surface area contributed by atoms with Crippen molar-refractivity contribution in [3.05, 3.63) is 48.0 Å². The van der Waals surface area contributed by atoms with E-state index in [9.17, 15) is 9.18 Å². The van der Waals surface area contributed by atoms with Crippen LogP contribution in [0.25, 0.3) is 11.4 Å². The summed E-state index contributed by atoms with van der Waals surface area (Å²) in [5.41, 5.74) is 0.305. The smallest absolute Gasteiger partial charge is 0.252 e. The number of rotatable bonds is 6. The van der Waals surface area contributed by atoms with E-state index in [0.717, 1.165) is 0 Å². The van der Waals surface area contributed by atoms with Gasteiger partial charge in [-0.2, -0.15) is 0 Å². The van der Waals surface area contributed by atoms with Crippen molar-refractivity contribution in [3.8, 4) is 11.4 Å². The zero-order valence-electron chi connectivity index (χ0n) is 20.7. The summed E-state index contributed by atoms with van der Waals surface area (Å²) in [5.74, 6) is -0.726. The van der Waals surface area contributed by atoms with E-state index in [4.69, 9.17) is 4.18 Å². The van der Waals surface area contributed by atoms with Gasteiger partial charge in [0.15, 0.2) is 5.82 Å². The fourth-order valence-electron chi connectivity index (χ4n) is 2.16.